The van der Waals surface area contributed by atoms with Crippen molar-refractivity contribution in [2.75, 3.05) is 11.4 Å². The van der Waals surface area contributed by atoms with Crippen LogP contribution in [0.3, 0.4) is 0 Å². The number of para-hydroxylation sites is 1. The Morgan fingerprint density at radius 1 is 1.24 bits per heavy atom. The Morgan fingerprint density at radius 2 is 1.95 bits per heavy atom. The number of aryl methyl sites for hydroxylation is 1. The van der Waals surface area contributed by atoms with Crippen LogP contribution in [0.25, 0.3) is 0 Å². The van der Waals surface area contributed by atoms with Crippen LogP contribution in [0, 0.1) is 12.7 Å². The van der Waals surface area contributed by atoms with E-state index in [1.54, 1.807) is 0 Å². The molecule has 0 heterocycles. The van der Waals surface area contributed by atoms with Crippen LogP contribution >= 0.6 is 0 Å². The molecule has 2 aromatic rings. The van der Waals surface area contributed by atoms with Gasteiger partial charge in [-0.2, -0.15) is 0 Å². The van der Waals surface area contributed by atoms with Gasteiger partial charge in [0, 0.05) is 24.3 Å². The van der Waals surface area contributed by atoms with Gasteiger partial charge in [-0.3, -0.25) is 0 Å². The minimum absolute atomic E-state index is 0.104. The van der Waals surface area contributed by atoms with Crippen molar-refractivity contribution in [2.45, 2.75) is 20.4 Å². The summed E-state index contributed by atoms with van der Waals surface area (Å²) in [5, 5.41) is 9.02. The highest BCUT2D eigenvalue weighted by Crippen LogP contribution is 2.22. The predicted octanol–water partition coefficient (Wildman–Crippen LogP) is 3.86. The van der Waals surface area contributed by atoms with Crippen LogP contribution in [-0.2, 0) is 6.54 Å². The van der Waals surface area contributed by atoms with Gasteiger partial charge in [0.05, 0.1) is 5.56 Å². The van der Waals surface area contributed by atoms with Crippen molar-refractivity contribution in [1.29, 1.82) is 0 Å². The molecule has 0 amide bonds. The second-order valence-corrected chi connectivity index (χ2v) is 4.91. The zero-order chi connectivity index (χ0) is 15.4. The van der Waals surface area contributed by atoms with Gasteiger partial charge in [-0.15, -0.1) is 0 Å². The van der Waals surface area contributed by atoms with Crippen molar-refractivity contribution < 1.29 is 14.3 Å². The minimum atomic E-state index is -1.05. The molecule has 0 atom stereocenters. The average Bonchev–Trinajstić information content (AvgIpc) is 2.47. The van der Waals surface area contributed by atoms with E-state index >= 15 is 0 Å². The molecule has 0 aliphatic rings. The second-order valence-electron chi connectivity index (χ2n) is 4.91. The Kier molecular flexibility index (Phi) is 4.58. The lowest BCUT2D eigenvalue weighted by molar-refractivity contribution is 0.0696. The molecule has 0 radical (unpaired) electrons. The SMILES string of the molecule is CCN(Cc1cc(C(=O)O)ccc1F)c1ccccc1C. The summed E-state index contributed by atoms with van der Waals surface area (Å²) in [5.41, 5.74) is 2.63. The summed E-state index contributed by atoms with van der Waals surface area (Å²) >= 11 is 0. The van der Waals surface area contributed by atoms with E-state index < -0.39 is 5.97 Å². The van der Waals surface area contributed by atoms with Crippen molar-refractivity contribution in [3.05, 3.63) is 65.0 Å². The van der Waals surface area contributed by atoms with Crippen molar-refractivity contribution >= 4 is 11.7 Å². The molecule has 0 bridgehead atoms. The third-order valence-electron chi connectivity index (χ3n) is 3.49. The van der Waals surface area contributed by atoms with E-state index in [0.717, 1.165) is 11.3 Å². The molecule has 0 aliphatic heterocycles. The van der Waals surface area contributed by atoms with Gasteiger partial charge in [-0.25, -0.2) is 9.18 Å². The molecule has 2 aromatic carbocycles. The molecule has 1 N–H and O–H groups in total. The smallest absolute Gasteiger partial charge is 0.335 e. The zero-order valence-electron chi connectivity index (χ0n) is 12.1. The number of carbonyl (C=O) groups is 1. The Hall–Kier alpha value is -2.36. The lowest BCUT2D eigenvalue weighted by Gasteiger charge is -2.25. The maximum Gasteiger partial charge on any atom is 0.335 e. The summed E-state index contributed by atoms with van der Waals surface area (Å²) in [6.07, 6.45) is 0. The summed E-state index contributed by atoms with van der Waals surface area (Å²) < 4.78 is 13.9. The number of rotatable bonds is 5. The number of benzene rings is 2. The van der Waals surface area contributed by atoms with Gasteiger partial charge >= 0.3 is 5.97 Å². The molecule has 0 spiro atoms. The van der Waals surface area contributed by atoms with Crippen molar-refractivity contribution in [2.24, 2.45) is 0 Å². The van der Waals surface area contributed by atoms with Crippen LogP contribution < -0.4 is 4.90 Å². The first-order valence-electron chi connectivity index (χ1n) is 6.85. The van der Waals surface area contributed by atoms with Crippen LogP contribution in [0.2, 0.25) is 0 Å². The second kappa shape index (κ2) is 6.39. The molecular formula is C17H18FNO2. The van der Waals surface area contributed by atoms with Crippen molar-refractivity contribution in [1.82, 2.24) is 0 Å². The molecule has 0 saturated carbocycles. The summed E-state index contributed by atoms with van der Waals surface area (Å²) in [6, 6.07) is 11.8. The molecule has 2 rings (SSSR count). The normalized spacial score (nSPS) is 10.4. The quantitative estimate of drug-likeness (QED) is 0.907. The molecule has 110 valence electrons. The lowest BCUT2D eigenvalue weighted by Crippen LogP contribution is -2.23. The van der Waals surface area contributed by atoms with Crippen LogP contribution in [-0.4, -0.2) is 17.6 Å². The monoisotopic (exact) mass is 287 g/mol. The van der Waals surface area contributed by atoms with Crippen molar-refractivity contribution in [3.63, 3.8) is 0 Å². The maximum absolute atomic E-state index is 13.9. The number of nitrogens with zero attached hydrogens (tertiary/aromatic N) is 1. The highest BCUT2D eigenvalue weighted by Gasteiger charge is 2.13. The average molecular weight is 287 g/mol. The third-order valence-corrected chi connectivity index (χ3v) is 3.49. The molecule has 0 saturated heterocycles. The molecule has 0 fully saturated rings. The molecule has 0 aliphatic carbocycles. The van der Waals surface area contributed by atoms with Crippen LogP contribution in [0.15, 0.2) is 42.5 Å². The van der Waals surface area contributed by atoms with Gasteiger partial charge < -0.3 is 10.0 Å². The number of halogens is 1. The first-order valence-corrected chi connectivity index (χ1v) is 6.85. The molecule has 3 nitrogen and oxygen atoms in total. The number of carboxylic acids is 1. The lowest BCUT2D eigenvalue weighted by atomic mass is 10.1. The highest BCUT2D eigenvalue weighted by molar-refractivity contribution is 5.87. The summed E-state index contributed by atoms with van der Waals surface area (Å²) in [4.78, 5) is 13.0. The standard InChI is InChI=1S/C17H18FNO2/c1-3-19(16-7-5-4-6-12(16)2)11-14-10-13(17(20)21)8-9-15(14)18/h4-10H,3,11H2,1-2H3,(H,20,21). The van der Waals surface area contributed by atoms with E-state index in [-0.39, 0.29) is 11.4 Å². The highest BCUT2D eigenvalue weighted by atomic mass is 19.1. The van der Waals surface area contributed by atoms with Crippen LogP contribution in [0.4, 0.5) is 10.1 Å². The van der Waals surface area contributed by atoms with Gasteiger partial charge in [0.1, 0.15) is 5.82 Å². The van der Waals surface area contributed by atoms with Crippen LogP contribution in [0.1, 0.15) is 28.4 Å². The van der Waals surface area contributed by atoms with Gasteiger partial charge in [-0.1, -0.05) is 18.2 Å². The zero-order valence-corrected chi connectivity index (χ0v) is 12.1. The Balaban J connectivity index is 2.33. The first kappa shape index (κ1) is 15.0. The van der Waals surface area contributed by atoms with E-state index in [4.69, 9.17) is 5.11 Å². The Bertz CT molecular complexity index is 655. The molecule has 0 aromatic heterocycles. The minimum Gasteiger partial charge on any atom is -0.478 e. The fraction of sp³-hybridized carbons (Fsp3) is 0.235. The third kappa shape index (κ3) is 3.40. The Labute approximate surface area is 123 Å². The van der Waals surface area contributed by atoms with Crippen LogP contribution in [0.5, 0.6) is 0 Å². The Morgan fingerprint density at radius 3 is 2.57 bits per heavy atom. The van der Waals surface area contributed by atoms with E-state index in [0.29, 0.717) is 18.7 Å². The summed E-state index contributed by atoms with van der Waals surface area (Å²) in [5.74, 6) is -1.43. The topological polar surface area (TPSA) is 40.5 Å². The van der Waals surface area contributed by atoms with Gasteiger partial charge in [0.15, 0.2) is 0 Å². The number of hydrogen-bond acceptors (Lipinski definition) is 2. The molecular weight excluding hydrogens is 269 g/mol. The summed E-state index contributed by atoms with van der Waals surface area (Å²) in [6.45, 7) is 5.04. The molecule has 21 heavy (non-hydrogen) atoms. The van der Waals surface area contributed by atoms with Gasteiger partial charge in [0.25, 0.3) is 0 Å². The van der Waals surface area contributed by atoms with E-state index in [1.807, 2.05) is 43.0 Å². The van der Waals surface area contributed by atoms with Gasteiger partial charge in [-0.05, 0) is 43.7 Å². The van der Waals surface area contributed by atoms with E-state index in [1.165, 1.54) is 18.2 Å². The molecule has 0 unspecified atom stereocenters. The number of anilines is 1. The predicted molar refractivity (Wildman–Crippen MR) is 81.3 cm³/mol. The number of aromatic carboxylic acids is 1. The largest absolute Gasteiger partial charge is 0.478 e. The van der Waals surface area contributed by atoms with Crippen molar-refractivity contribution in [3.8, 4) is 0 Å². The fourth-order valence-corrected chi connectivity index (χ4v) is 2.32. The van der Waals surface area contributed by atoms with E-state index in [2.05, 4.69) is 0 Å². The maximum atomic E-state index is 13.9. The first-order chi connectivity index (χ1) is 10.0. The number of hydrogen-bond donors (Lipinski definition) is 1. The molecule has 4 heteroatoms. The van der Waals surface area contributed by atoms with E-state index in [9.17, 15) is 9.18 Å². The fourth-order valence-electron chi connectivity index (χ4n) is 2.32. The summed E-state index contributed by atoms with van der Waals surface area (Å²) in [7, 11) is 0. The van der Waals surface area contributed by atoms with Gasteiger partial charge in [0.2, 0.25) is 0 Å². The number of carboxylic acid groups (broad SMARTS) is 1.